The molecule has 0 amide bonds. The van der Waals surface area contributed by atoms with Crippen LogP contribution < -0.4 is 10.0 Å². The van der Waals surface area contributed by atoms with E-state index in [-0.39, 0.29) is 0 Å². The fourth-order valence-corrected chi connectivity index (χ4v) is 4.50. The minimum atomic E-state index is 0.769. The fraction of sp³-hybridized carbons (Fsp3) is 0.278. The number of morpholine rings is 1. The molecule has 0 spiro atoms. The van der Waals surface area contributed by atoms with E-state index in [1.165, 1.54) is 28.3 Å². The second-order valence-electron chi connectivity index (χ2n) is 5.81. The molecule has 124 valence electrons. The lowest BCUT2D eigenvalue weighted by Gasteiger charge is -2.26. The van der Waals surface area contributed by atoms with Gasteiger partial charge in [0.2, 0.25) is 0 Å². The van der Waals surface area contributed by atoms with E-state index in [1.807, 2.05) is 0 Å². The Morgan fingerprint density at radius 1 is 1.12 bits per heavy atom. The molecular formula is C18H19N3OS2. The fourth-order valence-electron chi connectivity index (χ4n) is 2.96. The number of nitrogens with zero attached hydrogens (tertiary/aromatic N) is 2. The molecular weight excluding hydrogens is 338 g/mol. The SMILES string of the molecule is NSc1sc(N2CCOCC2)nc1Cc1ccc2ccccc2c1. The molecule has 6 heteroatoms. The summed E-state index contributed by atoms with van der Waals surface area (Å²) in [6.07, 6.45) is 0.811. The third-order valence-corrected chi connectivity index (χ3v) is 6.17. The van der Waals surface area contributed by atoms with Crippen molar-refractivity contribution in [3.05, 3.63) is 53.7 Å². The van der Waals surface area contributed by atoms with Crippen molar-refractivity contribution in [2.75, 3.05) is 31.2 Å². The maximum Gasteiger partial charge on any atom is 0.186 e. The van der Waals surface area contributed by atoms with Crippen LogP contribution in [0.2, 0.25) is 0 Å². The molecule has 4 nitrogen and oxygen atoms in total. The maximum atomic E-state index is 5.88. The van der Waals surface area contributed by atoms with E-state index in [2.05, 4.69) is 47.4 Å². The Balaban J connectivity index is 1.61. The monoisotopic (exact) mass is 357 g/mol. The van der Waals surface area contributed by atoms with Crippen LogP contribution in [0.5, 0.6) is 0 Å². The van der Waals surface area contributed by atoms with Gasteiger partial charge < -0.3 is 9.64 Å². The zero-order valence-corrected chi connectivity index (χ0v) is 14.9. The summed E-state index contributed by atoms with van der Waals surface area (Å²) in [6.45, 7) is 3.34. The van der Waals surface area contributed by atoms with Crippen molar-refractivity contribution in [1.82, 2.24) is 4.98 Å². The third kappa shape index (κ3) is 3.28. The molecule has 2 heterocycles. The van der Waals surface area contributed by atoms with Crippen LogP contribution in [0, 0.1) is 0 Å². The number of ether oxygens (including phenoxy) is 1. The number of hydrogen-bond acceptors (Lipinski definition) is 6. The van der Waals surface area contributed by atoms with Gasteiger partial charge in [-0.2, -0.15) is 0 Å². The lowest BCUT2D eigenvalue weighted by molar-refractivity contribution is 0.122. The van der Waals surface area contributed by atoms with E-state index in [0.717, 1.165) is 47.8 Å². The van der Waals surface area contributed by atoms with Crippen molar-refractivity contribution in [2.24, 2.45) is 5.14 Å². The number of aromatic nitrogens is 1. The predicted molar refractivity (Wildman–Crippen MR) is 102 cm³/mol. The van der Waals surface area contributed by atoms with E-state index < -0.39 is 0 Å². The first-order chi connectivity index (χ1) is 11.8. The van der Waals surface area contributed by atoms with Gasteiger partial charge in [-0.1, -0.05) is 53.8 Å². The number of rotatable bonds is 4. The van der Waals surface area contributed by atoms with Gasteiger partial charge in [-0.25, -0.2) is 4.98 Å². The van der Waals surface area contributed by atoms with Gasteiger partial charge in [0, 0.05) is 19.5 Å². The predicted octanol–water partition coefficient (Wildman–Crippen LogP) is 3.69. The topological polar surface area (TPSA) is 51.4 Å². The summed E-state index contributed by atoms with van der Waals surface area (Å²) >= 11 is 2.99. The Bertz CT molecular complexity index is 843. The maximum absolute atomic E-state index is 5.88. The van der Waals surface area contributed by atoms with Crippen LogP contribution in [0.15, 0.2) is 46.7 Å². The Morgan fingerprint density at radius 3 is 2.71 bits per heavy atom. The quantitative estimate of drug-likeness (QED) is 0.722. The molecule has 0 saturated carbocycles. The Kier molecular flexibility index (Phi) is 4.71. The van der Waals surface area contributed by atoms with Crippen LogP contribution in [0.3, 0.4) is 0 Å². The molecule has 0 aliphatic carbocycles. The summed E-state index contributed by atoms with van der Waals surface area (Å²) in [4.78, 5) is 7.16. The first kappa shape index (κ1) is 15.9. The molecule has 2 aromatic carbocycles. The molecule has 0 atom stereocenters. The largest absolute Gasteiger partial charge is 0.378 e. The number of benzene rings is 2. The molecule has 3 aromatic rings. The van der Waals surface area contributed by atoms with Gasteiger partial charge in [0.1, 0.15) is 4.21 Å². The lowest BCUT2D eigenvalue weighted by atomic mass is 10.0. The van der Waals surface area contributed by atoms with Crippen LogP contribution in [-0.4, -0.2) is 31.3 Å². The van der Waals surface area contributed by atoms with Gasteiger partial charge in [-0.05, 0) is 28.3 Å². The molecule has 0 radical (unpaired) electrons. The highest BCUT2D eigenvalue weighted by Gasteiger charge is 2.18. The van der Waals surface area contributed by atoms with E-state index in [1.54, 1.807) is 11.3 Å². The van der Waals surface area contributed by atoms with E-state index >= 15 is 0 Å². The Morgan fingerprint density at radius 2 is 1.92 bits per heavy atom. The zero-order valence-electron chi connectivity index (χ0n) is 13.3. The molecule has 0 bridgehead atoms. The minimum Gasteiger partial charge on any atom is -0.378 e. The first-order valence-electron chi connectivity index (χ1n) is 8.00. The molecule has 0 unspecified atom stereocenters. The third-order valence-electron chi connectivity index (χ3n) is 4.22. The van der Waals surface area contributed by atoms with Crippen molar-refractivity contribution >= 4 is 39.2 Å². The van der Waals surface area contributed by atoms with Gasteiger partial charge in [0.05, 0.1) is 18.9 Å². The lowest BCUT2D eigenvalue weighted by Crippen LogP contribution is -2.36. The molecule has 1 fully saturated rings. The highest BCUT2D eigenvalue weighted by Crippen LogP contribution is 2.33. The standard InChI is InChI=1S/C18H19N3OS2/c19-24-17-16(20-18(23-17)21-7-9-22-10-8-21)12-13-5-6-14-3-1-2-4-15(14)11-13/h1-6,11H,7-10,12,19H2. The van der Waals surface area contributed by atoms with Gasteiger partial charge in [-0.15, -0.1) is 0 Å². The average molecular weight is 358 g/mol. The Labute approximate surface area is 149 Å². The van der Waals surface area contributed by atoms with Gasteiger partial charge in [0.25, 0.3) is 0 Å². The van der Waals surface area contributed by atoms with Crippen LogP contribution in [0.25, 0.3) is 10.8 Å². The summed E-state index contributed by atoms with van der Waals surface area (Å²) in [5.74, 6) is 0. The van der Waals surface area contributed by atoms with Crippen LogP contribution in [0.1, 0.15) is 11.3 Å². The first-order valence-corrected chi connectivity index (χ1v) is 9.70. The van der Waals surface area contributed by atoms with Gasteiger partial charge in [-0.3, -0.25) is 5.14 Å². The molecule has 1 aliphatic rings. The molecule has 1 aliphatic heterocycles. The van der Waals surface area contributed by atoms with Gasteiger partial charge >= 0.3 is 0 Å². The molecule has 24 heavy (non-hydrogen) atoms. The van der Waals surface area contributed by atoms with Crippen molar-refractivity contribution in [1.29, 1.82) is 0 Å². The average Bonchev–Trinajstić information content (AvgIpc) is 3.05. The molecule has 1 aromatic heterocycles. The van der Waals surface area contributed by atoms with Crippen LogP contribution in [0.4, 0.5) is 5.13 Å². The van der Waals surface area contributed by atoms with E-state index in [4.69, 9.17) is 14.9 Å². The van der Waals surface area contributed by atoms with E-state index in [9.17, 15) is 0 Å². The molecule has 1 saturated heterocycles. The summed E-state index contributed by atoms with van der Waals surface area (Å²) in [7, 11) is 0. The van der Waals surface area contributed by atoms with Gasteiger partial charge in [0.15, 0.2) is 5.13 Å². The van der Waals surface area contributed by atoms with Crippen molar-refractivity contribution in [3.8, 4) is 0 Å². The van der Waals surface area contributed by atoms with Crippen molar-refractivity contribution < 1.29 is 4.74 Å². The van der Waals surface area contributed by atoms with Crippen LogP contribution >= 0.6 is 23.3 Å². The van der Waals surface area contributed by atoms with Crippen molar-refractivity contribution in [2.45, 2.75) is 10.6 Å². The zero-order chi connectivity index (χ0) is 16.4. The summed E-state index contributed by atoms with van der Waals surface area (Å²) in [5, 5.41) is 9.47. The van der Waals surface area contributed by atoms with Crippen molar-refractivity contribution in [3.63, 3.8) is 0 Å². The molecule has 2 N–H and O–H groups in total. The molecule has 4 rings (SSSR count). The number of thiazole rings is 1. The number of anilines is 1. The second-order valence-corrected chi connectivity index (χ2v) is 7.69. The highest BCUT2D eigenvalue weighted by molar-refractivity contribution is 7.99. The summed E-state index contributed by atoms with van der Waals surface area (Å²) < 4.78 is 6.53. The smallest absolute Gasteiger partial charge is 0.186 e. The Hall–Kier alpha value is -1.60. The summed E-state index contributed by atoms with van der Waals surface area (Å²) in [6, 6.07) is 15.0. The van der Waals surface area contributed by atoms with Crippen LogP contribution in [-0.2, 0) is 11.2 Å². The second kappa shape index (κ2) is 7.11. The number of hydrogen-bond donors (Lipinski definition) is 1. The minimum absolute atomic E-state index is 0.769. The summed E-state index contributed by atoms with van der Waals surface area (Å²) in [5.41, 5.74) is 2.34. The highest BCUT2D eigenvalue weighted by atomic mass is 32.2. The normalized spacial score (nSPS) is 15.1. The number of fused-ring (bicyclic) bond motifs is 1. The van der Waals surface area contributed by atoms with E-state index in [0.29, 0.717) is 0 Å². The number of nitrogens with two attached hydrogens (primary N) is 1.